The number of carbonyl (C=O) groups is 2. The van der Waals surface area contributed by atoms with Gasteiger partial charge in [0.25, 0.3) is 11.8 Å². The van der Waals surface area contributed by atoms with Crippen LogP contribution in [0.15, 0.2) is 42.5 Å². The number of aryl methyl sites for hydroxylation is 1. The fourth-order valence-corrected chi connectivity index (χ4v) is 2.55. The van der Waals surface area contributed by atoms with E-state index in [0.29, 0.717) is 17.5 Å². The predicted molar refractivity (Wildman–Crippen MR) is 99.5 cm³/mol. The lowest BCUT2D eigenvalue weighted by atomic mass is 10.1. The molecule has 0 aliphatic rings. The van der Waals surface area contributed by atoms with E-state index in [-0.39, 0.29) is 17.0 Å². The number of nitrogens with one attached hydrogen (secondary N) is 3. The van der Waals surface area contributed by atoms with Crippen LogP contribution in [0.3, 0.4) is 0 Å². The number of hydrogen-bond acceptors (Lipinski definition) is 5. The number of aromatic nitrogens is 3. The number of ether oxygens (including phenoxy) is 1. The molecule has 0 spiro atoms. The summed E-state index contributed by atoms with van der Waals surface area (Å²) in [5.41, 5.74) is 4.28. The summed E-state index contributed by atoms with van der Waals surface area (Å²) < 4.78 is 43.1. The number of aromatic amines is 1. The summed E-state index contributed by atoms with van der Waals surface area (Å²) in [6.45, 7) is 1.27. The maximum Gasteiger partial charge on any atom is 0.433 e. The zero-order valence-electron chi connectivity index (χ0n) is 15.8. The highest BCUT2D eigenvalue weighted by molar-refractivity contribution is 5.99. The van der Waals surface area contributed by atoms with Crippen molar-refractivity contribution < 1.29 is 27.5 Å². The summed E-state index contributed by atoms with van der Waals surface area (Å²) in [4.78, 5) is 27.8. The average molecular weight is 419 g/mol. The first-order chi connectivity index (χ1) is 14.2. The standard InChI is InChI=1S/C19H16F3N5O3/c1-10-13(7-8-16(23-10)19(20,21)22)17(28)26-27-18(29)15-9-14(24-25-15)11-3-5-12(30-2)6-4-11/h3-9H,1-2H3,(H,24,25)(H,26,28)(H,27,29). The van der Waals surface area contributed by atoms with Gasteiger partial charge >= 0.3 is 6.18 Å². The molecule has 0 saturated heterocycles. The highest BCUT2D eigenvalue weighted by Crippen LogP contribution is 2.28. The van der Waals surface area contributed by atoms with Gasteiger partial charge in [-0.2, -0.15) is 18.3 Å². The van der Waals surface area contributed by atoms with E-state index in [2.05, 4.69) is 26.0 Å². The molecule has 156 valence electrons. The predicted octanol–water partition coefficient (Wildman–Crippen LogP) is 2.88. The topological polar surface area (TPSA) is 109 Å². The van der Waals surface area contributed by atoms with Crippen molar-refractivity contribution in [3.63, 3.8) is 0 Å². The van der Waals surface area contributed by atoms with E-state index in [9.17, 15) is 22.8 Å². The minimum absolute atomic E-state index is 0.0726. The van der Waals surface area contributed by atoms with E-state index < -0.39 is 23.7 Å². The fraction of sp³-hybridized carbons (Fsp3) is 0.158. The third-order valence-electron chi connectivity index (χ3n) is 4.12. The van der Waals surface area contributed by atoms with Crippen molar-refractivity contribution in [2.75, 3.05) is 7.11 Å². The molecule has 0 fully saturated rings. The van der Waals surface area contributed by atoms with Gasteiger partial charge in [-0.15, -0.1) is 0 Å². The molecule has 0 unspecified atom stereocenters. The highest BCUT2D eigenvalue weighted by Gasteiger charge is 2.33. The number of halogens is 3. The lowest BCUT2D eigenvalue weighted by Crippen LogP contribution is -2.42. The van der Waals surface area contributed by atoms with Gasteiger partial charge < -0.3 is 4.74 Å². The van der Waals surface area contributed by atoms with Crippen molar-refractivity contribution in [3.05, 3.63) is 65.1 Å². The minimum atomic E-state index is -4.61. The number of methoxy groups -OCH3 is 1. The van der Waals surface area contributed by atoms with E-state index in [4.69, 9.17) is 4.74 Å². The molecule has 0 radical (unpaired) electrons. The smallest absolute Gasteiger partial charge is 0.433 e. The molecule has 8 nitrogen and oxygen atoms in total. The van der Waals surface area contributed by atoms with Crippen LogP contribution in [0.4, 0.5) is 13.2 Å². The molecule has 0 aliphatic heterocycles. The quantitative estimate of drug-likeness (QED) is 0.564. The molecule has 3 N–H and O–H groups in total. The van der Waals surface area contributed by atoms with Crippen LogP contribution in [0.25, 0.3) is 11.3 Å². The molecule has 30 heavy (non-hydrogen) atoms. The van der Waals surface area contributed by atoms with Crippen LogP contribution in [0.2, 0.25) is 0 Å². The van der Waals surface area contributed by atoms with Gasteiger partial charge in [0.1, 0.15) is 17.1 Å². The van der Waals surface area contributed by atoms with E-state index in [0.717, 1.165) is 11.6 Å². The van der Waals surface area contributed by atoms with Gasteiger partial charge in [0.15, 0.2) is 0 Å². The second kappa shape index (κ2) is 8.23. The Bertz CT molecular complexity index is 1080. The van der Waals surface area contributed by atoms with E-state index in [1.165, 1.54) is 13.0 Å². The number of amides is 2. The number of benzene rings is 1. The molecule has 1 aromatic carbocycles. The lowest BCUT2D eigenvalue weighted by Gasteiger charge is -2.10. The van der Waals surface area contributed by atoms with Crippen LogP contribution in [-0.2, 0) is 6.18 Å². The number of hydrogen-bond donors (Lipinski definition) is 3. The van der Waals surface area contributed by atoms with Gasteiger partial charge in [-0.25, -0.2) is 4.98 Å². The number of rotatable bonds is 4. The summed E-state index contributed by atoms with van der Waals surface area (Å²) >= 11 is 0. The molecule has 0 bridgehead atoms. The van der Waals surface area contributed by atoms with E-state index in [1.807, 2.05) is 0 Å². The third kappa shape index (κ3) is 4.57. The first-order valence-electron chi connectivity index (χ1n) is 8.54. The molecule has 0 saturated carbocycles. The summed E-state index contributed by atoms with van der Waals surface area (Å²) in [6.07, 6.45) is -4.61. The number of H-pyrrole nitrogens is 1. The number of carbonyl (C=O) groups excluding carboxylic acids is 2. The third-order valence-corrected chi connectivity index (χ3v) is 4.12. The molecule has 3 rings (SSSR count). The SMILES string of the molecule is COc1ccc(-c2cc(C(=O)NNC(=O)c3ccc(C(F)(F)F)nc3C)[nH]n2)cc1. The van der Waals surface area contributed by atoms with Gasteiger partial charge in [0.2, 0.25) is 0 Å². The first kappa shape index (κ1) is 20.8. The Morgan fingerprint density at radius 2 is 1.70 bits per heavy atom. The molecule has 0 atom stereocenters. The van der Waals surface area contributed by atoms with Crippen LogP contribution in [0.5, 0.6) is 5.75 Å². The van der Waals surface area contributed by atoms with Crippen LogP contribution in [0, 0.1) is 6.92 Å². The van der Waals surface area contributed by atoms with Crippen molar-refractivity contribution in [1.82, 2.24) is 26.0 Å². The van der Waals surface area contributed by atoms with E-state index in [1.54, 1.807) is 31.4 Å². The first-order valence-corrected chi connectivity index (χ1v) is 8.54. The highest BCUT2D eigenvalue weighted by atomic mass is 19.4. The van der Waals surface area contributed by atoms with Crippen molar-refractivity contribution in [2.45, 2.75) is 13.1 Å². The molecular weight excluding hydrogens is 403 g/mol. The fourth-order valence-electron chi connectivity index (χ4n) is 2.55. The number of hydrazine groups is 1. The molecule has 2 amide bonds. The zero-order valence-corrected chi connectivity index (χ0v) is 15.8. The Balaban J connectivity index is 1.64. The van der Waals surface area contributed by atoms with Crippen LogP contribution in [0.1, 0.15) is 32.2 Å². The Hall–Kier alpha value is -3.89. The maximum atomic E-state index is 12.7. The maximum absolute atomic E-state index is 12.7. The van der Waals surface area contributed by atoms with Gasteiger partial charge in [-0.05, 0) is 49.4 Å². The molecule has 2 aromatic heterocycles. The molecule has 3 aromatic rings. The number of nitrogens with zero attached hydrogens (tertiary/aromatic N) is 2. The van der Waals surface area contributed by atoms with Crippen molar-refractivity contribution in [1.29, 1.82) is 0 Å². The van der Waals surface area contributed by atoms with Crippen molar-refractivity contribution >= 4 is 11.8 Å². The molecule has 0 aliphatic carbocycles. The van der Waals surface area contributed by atoms with Gasteiger partial charge in [-0.3, -0.25) is 25.5 Å². The Morgan fingerprint density at radius 3 is 2.30 bits per heavy atom. The van der Waals surface area contributed by atoms with Crippen molar-refractivity contribution in [3.8, 4) is 17.0 Å². The summed E-state index contributed by atoms with van der Waals surface area (Å²) in [5, 5.41) is 6.59. The zero-order chi connectivity index (χ0) is 21.9. The monoisotopic (exact) mass is 419 g/mol. The Morgan fingerprint density at radius 1 is 1.03 bits per heavy atom. The second-order valence-electron chi connectivity index (χ2n) is 6.13. The van der Waals surface area contributed by atoms with Crippen LogP contribution < -0.4 is 15.6 Å². The summed E-state index contributed by atoms with van der Waals surface area (Å²) in [6, 6.07) is 10.2. The van der Waals surface area contributed by atoms with E-state index >= 15 is 0 Å². The molecule has 2 heterocycles. The number of pyridine rings is 1. The van der Waals surface area contributed by atoms with Crippen LogP contribution >= 0.6 is 0 Å². The Kier molecular flexibility index (Phi) is 5.72. The van der Waals surface area contributed by atoms with Gasteiger partial charge in [-0.1, -0.05) is 0 Å². The second-order valence-corrected chi connectivity index (χ2v) is 6.13. The van der Waals surface area contributed by atoms with Gasteiger partial charge in [0.05, 0.1) is 24.1 Å². The molecule has 11 heteroatoms. The molecular formula is C19H16F3N5O3. The van der Waals surface area contributed by atoms with Crippen molar-refractivity contribution in [2.24, 2.45) is 0 Å². The normalized spacial score (nSPS) is 11.1. The summed E-state index contributed by atoms with van der Waals surface area (Å²) in [7, 11) is 1.54. The minimum Gasteiger partial charge on any atom is -0.497 e. The Labute approximate surface area is 168 Å². The lowest BCUT2D eigenvalue weighted by molar-refractivity contribution is -0.141. The van der Waals surface area contributed by atoms with Crippen LogP contribution in [-0.4, -0.2) is 34.1 Å². The van der Waals surface area contributed by atoms with Gasteiger partial charge in [0, 0.05) is 5.56 Å². The number of alkyl halides is 3. The average Bonchev–Trinajstić information content (AvgIpc) is 3.21. The summed E-state index contributed by atoms with van der Waals surface area (Å²) in [5.74, 6) is -0.826. The largest absolute Gasteiger partial charge is 0.497 e.